The Hall–Kier alpha value is -3.65. The van der Waals surface area contributed by atoms with Gasteiger partial charge in [0.05, 0.1) is 11.4 Å². The van der Waals surface area contributed by atoms with Crippen molar-refractivity contribution in [2.75, 3.05) is 5.32 Å². The van der Waals surface area contributed by atoms with Gasteiger partial charge in [0.25, 0.3) is 5.91 Å². The molecule has 1 amide bonds. The molecule has 0 aliphatic heterocycles. The number of hydrogen-bond acceptors (Lipinski definition) is 3. The summed E-state index contributed by atoms with van der Waals surface area (Å²) in [5, 5.41) is 17.9. The number of aromatic nitrogens is 2. The van der Waals surface area contributed by atoms with E-state index in [0.717, 1.165) is 40.3 Å². The molecule has 0 saturated heterocycles. The molecule has 1 aromatic heterocycles. The molecule has 0 atom stereocenters. The zero-order chi connectivity index (χ0) is 24.0. The number of rotatable bonds is 5. The lowest BCUT2D eigenvalue weighted by Crippen LogP contribution is -2.49. The predicted octanol–water partition coefficient (Wildman–Crippen LogP) is 6.19. The van der Waals surface area contributed by atoms with Gasteiger partial charge >= 0.3 is 0 Å². The van der Waals surface area contributed by atoms with Gasteiger partial charge in [-0.1, -0.05) is 35.9 Å². The first-order valence-electron chi connectivity index (χ1n) is 12.7. The maximum absolute atomic E-state index is 13.0. The fraction of sp³-hybridized carbons (Fsp3) is 0.367. The summed E-state index contributed by atoms with van der Waals surface area (Å²) in [5.74, 6) is 1.95. The number of aryl methyl sites for hydroxylation is 1. The van der Waals surface area contributed by atoms with E-state index in [-0.39, 0.29) is 16.9 Å². The van der Waals surface area contributed by atoms with Crippen LogP contribution in [0.15, 0.2) is 66.4 Å². The zero-order valence-electron chi connectivity index (χ0n) is 20.1. The number of anilines is 1. The first-order chi connectivity index (χ1) is 17.0. The Bertz CT molecular complexity index is 1290. The minimum absolute atomic E-state index is 0.0502. The zero-order valence-corrected chi connectivity index (χ0v) is 20.1. The van der Waals surface area contributed by atoms with Crippen LogP contribution in [0.4, 0.5) is 5.69 Å². The molecule has 5 heteroatoms. The van der Waals surface area contributed by atoms with Crippen molar-refractivity contribution in [1.82, 2.24) is 9.78 Å². The van der Waals surface area contributed by atoms with Crippen molar-refractivity contribution in [3.63, 3.8) is 0 Å². The summed E-state index contributed by atoms with van der Waals surface area (Å²) >= 11 is 0. The Balaban J connectivity index is 1.40. The number of nitrogens with one attached hydrogen (secondary N) is 1. The van der Waals surface area contributed by atoms with E-state index in [0.29, 0.717) is 5.69 Å². The molecule has 4 bridgehead atoms. The summed E-state index contributed by atoms with van der Waals surface area (Å²) in [7, 11) is 0. The molecule has 1 N–H and O–H groups in total. The molecule has 4 aliphatic carbocycles. The summed E-state index contributed by atoms with van der Waals surface area (Å²) < 4.78 is 1.92. The monoisotopic (exact) mass is 462 g/mol. The van der Waals surface area contributed by atoms with Gasteiger partial charge in [-0.2, -0.15) is 10.4 Å². The van der Waals surface area contributed by atoms with Crippen molar-refractivity contribution in [2.24, 2.45) is 17.8 Å². The van der Waals surface area contributed by atoms with Crippen molar-refractivity contribution in [2.45, 2.75) is 50.9 Å². The lowest BCUT2D eigenvalue weighted by Gasteiger charge is -2.56. The fourth-order valence-electron chi connectivity index (χ4n) is 7.16. The number of hydrogen-bond donors (Lipinski definition) is 1. The van der Waals surface area contributed by atoms with Crippen molar-refractivity contribution < 1.29 is 4.79 Å². The molecule has 35 heavy (non-hydrogen) atoms. The third kappa shape index (κ3) is 4.08. The number of carbonyl (C=O) groups excluding carboxylic acids is 1. The Morgan fingerprint density at radius 3 is 2.26 bits per heavy atom. The average molecular weight is 463 g/mol. The van der Waals surface area contributed by atoms with Crippen molar-refractivity contribution in [3.05, 3.63) is 83.2 Å². The third-order valence-electron chi connectivity index (χ3n) is 8.28. The van der Waals surface area contributed by atoms with Gasteiger partial charge in [-0.25, -0.2) is 4.68 Å². The summed E-state index contributed by atoms with van der Waals surface area (Å²) in [5.41, 5.74) is 4.90. The number of nitriles is 1. The second kappa shape index (κ2) is 8.53. The molecule has 0 spiro atoms. The summed E-state index contributed by atoms with van der Waals surface area (Å²) in [6.45, 7) is 2.00. The maximum Gasteiger partial charge on any atom is 0.266 e. The van der Waals surface area contributed by atoms with Gasteiger partial charge in [0.1, 0.15) is 11.6 Å². The van der Waals surface area contributed by atoms with E-state index in [2.05, 4.69) is 11.4 Å². The van der Waals surface area contributed by atoms with Crippen LogP contribution in [-0.2, 0) is 10.2 Å². The van der Waals surface area contributed by atoms with Gasteiger partial charge in [0.2, 0.25) is 0 Å². The molecular weight excluding hydrogens is 432 g/mol. The Morgan fingerprint density at radius 2 is 1.66 bits per heavy atom. The second-order valence-electron chi connectivity index (χ2n) is 10.9. The number of amides is 1. The standard InChI is InChI=1S/C30H30N4O/c1-20-7-9-26(10-8-20)32-29(35)24(18-31)14-25-19-34(27-5-3-2-4-6-27)33-28(25)30-15-21-11-22(16-30)13-23(12-21)17-30/h2-10,14,19,21-23H,11-13,15-17H2,1H3,(H,32,35)/b24-14-. The lowest BCUT2D eigenvalue weighted by molar-refractivity contribution is -0.112. The van der Waals surface area contributed by atoms with Gasteiger partial charge in [-0.15, -0.1) is 0 Å². The molecule has 4 aliphatic rings. The van der Waals surface area contributed by atoms with Crippen LogP contribution in [0.25, 0.3) is 11.8 Å². The van der Waals surface area contributed by atoms with Crippen LogP contribution in [0.2, 0.25) is 0 Å². The third-order valence-corrected chi connectivity index (χ3v) is 8.28. The summed E-state index contributed by atoms with van der Waals surface area (Å²) in [4.78, 5) is 13.0. The Kier molecular flexibility index (Phi) is 5.33. The van der Waals surface area contributed by atoms with Gasteiger partial charge in [0.15, 0.2) is 0 Å². The Labute approximate surface area is 206 Å². The van der Waals surface area contributed by atoms with E-state index in [9.17, 15) is 10.1 Å². The average Bonchev–Trinajstić information content (AvgIpc) is 3.28. The molecule has 1 heterocycles. The van der Waals surface area contributed by atoms with E-state index in [4.69, 9.17) is 5.10 Å². The van der Waals surface area contributed by atoms with Crippen LogP contribution in [0.1, 0.15) is 55.3 Å². The number of para-hydroxylation sites is 1. The topological polar surface area (TPSA) is 70.7 Å². The molecule has 4 saturated carbocycles. The maximum atomic E-state index is 13.0. The van der Waals surface area contributed by atoms with Crippen molar-refractivity contribution >= 4 is 17.7 Å². The number of carbonyl (C=O) groups is 1. The Morgan fingerprint density at radius 1 is 1.03 bits per heavy atom. The minimum Gasteiger partial charge on any atom is -0.321 e. The molecule has 0 unspecified atom stereocenters. The lowest BCUT2D eigenvalue weighted by atomic mass is 9.48. The van der Waals surface area contributed by atoms with E-state index >= 15 is 0 Å². The normalized spacial score (nSPS) is 27.0. The van der Waals surface area contributed by atoms with E-state index < -0.39 is 0 Å². The van der Waals surface area contributed by atoms with Crippen LogP contribution in [-0.4, -0.2) is 15.7 Å². The SMILES string of the molecule is Cc1ccc(NC(=O)/C(C#N)=C\c2cn(-c3ccccc3)nc2C23CC4CC(CC(C4)C2)C3)cc1. The fourth-order valence-corrected chi connectivity index (χ4v) is 7.16. The molecule has 4 fully saturated rings. The highest BCUT2D eigenvalue weighted by atomic mass is 16.1. The number of nitrogens with zero attached hydrogens (tertiary/aromatic N) is 3. The van der Waals surface area contributed by atoms with Gasteiger partial charge < -0.3 is 5.32 Å². The van der Waals surface area contributed by atoms with Crippen molar-refractivity contribution in [1.29, 1.82) is 5.26 Å². The van der Waals surface area contributed by atoms with Gasteiger partial charge in [-0.3, -0.25) is 4.79 Å². The molecule has 3 aromatic rings. The quantitative estimate of drug-likeness (QED) is 0.363. The van der Waals surface area contributed by atoms with E-state index in [1.165, 1.54) is 38.5 Å². The molecule has 176 valence electrons. The first kappa shape index (κ1) is 21.9. The summed E-state index contributed by atoms with van der Waals surface area (Å²) in [6, 6.07) is 19.8. The molecule has 7 rings (SSSR count). The molecule has 5 nitrogen and oxygen atoms in total. The molecule has 2 aromatic carbocycles. The summed E-state index contributed by atoms with van der Waals surface area (Å²) in [6.07, 6.45) is 11.3. The van der Waals surface area contributed by atoms with Crippen LogP contribution >= 0.6 is 0 Å². The highest BCUT2D eigenvalue weighted by molar-refractivity contribution is 6.09. The van der Waals surface area contributed by atoms with Gasteiger partial charge in [0, 0.05) is 22.9 Å². The van der Waals surface area contributed by atoms with Crippen LogP contribution < -0.4 is 5.32 Å². The van der Waals surface area contributed by atoms with Gasteiger partial charge in [-0.05, 0) is 93.5 Å². The minimum atomic E-state index is -0.389. The van der Waals surface area contributed by atoms with E-state index in [1.807, 2.05) is 72.4 Å². The second-order valence-corrected chi connectivity index (χ2v) is 10.9. The first-order valence-corrected chi connectivity index (χ1v) is 12.7. The van der Waals surface area contributed by atoms with E-state index in [1.54, 1.807) is 6.08 Å². The van der Waals surface area contributed by atoms with Crippen LogP contribution in [0.5, 0.6) is 0 Å². The molecular formula is C30H30N4O. The molecule has 0 radical (unpaired) electrons. The highest BCUT2D eigenvalue weighted by Crippen LogP contribution is 2.61. The predicted molar refractivity (Wildman–Crippen MR) is 137 cm³/mol. The van der Waals surface area contributed by atoms with Crippen LogP contribution in [0, 0.1) is 36.0 Å². The smallest absolute Gasteiger partial charge is 0.266 e. The number of benzene rings is 2. The largest absolute Gasteiger partial charge is 0.321 e. The van der Waals surface area contributed by atoms with Crippen LogP contribution in [0.3, 0.4) is 0 Å². The van der Waals surface area contributed by atoms with Crippen molar-refractivity contribution in [3.8, 4) is 11.8 Å². The highest BCUT2D eigenvalue weighted by Gasteiger charge is 2.53.